The Kier molecular flexibility index (Phi) is 1.40. The third-order valence-corrected chi connectivity index (χ3v) is 1.95. The van der Waals surface area contributed by atoms with Crippen LogP contribution in [0.3, 0.4) is 0 Å². The number of allylic oxidation sites excluding steroid dienone is 1. The molecule has 12 heavy (non-hydrogen) atoms. The summed E-state index contributed by atoms with van der Waals surface area (Å²) >= 11 is 0. The zero-order chi connectivity index (χ0) is 8.72. The van der Waals surface area contributed by atoms with E-state index in [9.17, 15) is 8.78 Å². The zero-order valence-electron chi connectivity index (χ0n) is 6.27. The molecular weight excluding hydrogens is 160 g/mol. The van der Waals surface area contributed by atoms with E-state index >= 15 is 0 Å². The maximum atomic E-state index is 13.0. The first-order valence-corrected chi connectivity index (χ1v) is 3.61. The monoisotopic (exact) mass is 167 g/mol. The number of halogens is 2. The Balaban J connectivity index is 2.65. The van der Waals surface area contributed by atoms with E-state index in [1.54, 1.807) is 6.07 Å². The lowest BCUT2D eigenvalue weighted by molar-refractivity contribution is 0.506. The highest BCUT2D eigenvalue weighted by molar-refractivity contribution is 5.63. The van der Waals surface area contributed by atoms with Crippen molar-refractivity contribution in [3.63, 3.8) is 0 Å². The Morgan fingerprint density at radius 3 is 2.75 bits per heavy atom. The third-order valence-electron chi connectivity index (χ3n) is 1.95. The highest BCUT2D eigenvalue weighted by atomic mass is 19.2. The number of nitrogens with two attached hydrogens (primary N) is 1. The molecule has 0 saturated carbocycles. The molecule has 3 heteroatoms. The number of hydrogen-bond acceptors (Lipinski definition) is 1. The Hall–Kier alpha value is -1.38. The van der Waals surface area contributed by atoms with Crippen molar-refractivity contribution in [1.29, 1.82) is 0 Å². The van der Waals surface area contributed by atoms with Crippen molar-refractivity contribution in [1.82, 2.24) is 0 Å². The van der Waals surface area contributed by atoms with Crippen LogP contribution in [0, 0.1) is 11.6 Å². The van der Waals surface area contributed by atoms with Crippen molar-refractivity contribution >= 4 is 6.08 Å². The summed E-state index contributed by atoms with van der Waals surface area (Å²) < 4.78 is 25.7. The molecule has 1 nitrogen and oxygen atoms in total. The molecule has 0 unspecified atom stereocenters. The minimum atomic E-state index is -0.820. The predicted molar refractivity (Wildman–Crippen MR) is 42.2 cm³/mol. The second kappa shape index (κ2) is 2.30. The molecule has 1 aliphatic rings. The standard InChI is InChI=1S/C9H7F2N/c10-8-2-1-5-3-6(12)4-7(5)9(8)11/h1-2,4H,3,12H2. The van der Waals surface area contributed by atoms with Crippen LogP contribution in [0.4, 0.5) is 8.78 Å². The molecule has 0 fully saturated rings. The molecule has 0 bridgehead atoms. The summed E-state index contributed by atoms with van der Waals surface area (Å²) in [5.74, 6) is -1.62. The van der Waals surface area contributed by atoms with Crippen molar-refractivity contribution in [3.05, 3.63) is 40.6 Å². The topological polar surface area (TPSA) is 26.0 Å². The summed E-state index contributed by atoms with van der Waals surface area (Å²) in [5.41, 5.74) is 7.11. The van der Waals surface area contributed by atoms with Crippen LogP contribution in [0.1, 0.15) is 11.1 Å². The van der Waals surface area contributed by atoms with Gasteiger partial charge in [-0.2, -0.15) is 0 Å². The SMILES string of the molecule is NC1=Cc2c(ccc(F)c2F)C1. The van der Waals surface area contributed by atoms with E-state index in [0.717, 1.165) is 11.6 Å². The minimum absolute atomic E-state index is 0.299. The molecule has 0 heterocycles. The fourth-order valence-corrected chi connectivity index (χ4v) is 1.37. The highest BCUT2D eigenvalue weighted by Gasteiger charge is 2.16. The van der Waals surface area contributed by atoms with Crippen LogP contribution >= 0.6 is 0 Å². The molecule has 62 valence electrons. The summed E-state index contributed by atoms with van der Waals surface area (Å²) in [6, 6.07) is 2.69. The first kappa shape index (κ1) is 7.28. The van der Waals surface area contributed by atoms with Crippen LogP contribution in [0.2, 0.25) is 0 Å². The number of fused-ring (bicyclic) bond motifs is 1. The Bertz CT molecular complexity index is 369. The summed E-state index contributed by atoms with van der Waals surface area (Å²) in [6.07, 6.45) is 2.00. The molecule has 0 spiro atoms. The molecule has 0 aliphatic heterocycles. The molecule has 0 radical (unpaired) electrons. The minimum Gasteiger partial charge on any atom is -0.402 e. The molecule has 0 atom stereocenters. The van der Waals surface area contributed by atoms with Gasteiger partial charge < -0.3 is 5.73 Å². The van der Waals surface area contributed by atoms with Crippen LogP contribution in [0.15, 0.2) is 17.8 Å². The lowest BCUT2D eigenvalue weighted by Gasteiger charge is -1.99. The van der Waals surface area contributed by atoms with E-state index in [1.165, 1.54) is 6.08 Å². The van der Waals surface area contributed by atoms with E-state index in [4.69, 9.17) is 5.73 Å². The smallest absolute Gasteiger partial charge is 0.166 e. The van der Waals surface area contributed by atoms with Gasteiger partial charge in [-0.1, -0.05) is 6.07 Å². The van der Waals surface area contributed by atoms with Crippen molar-refractivity contribution in [2.24, 2.45) is 5.73 Å². The first-order valence-electron chi connectivity index (χ1n) is 3.61. The van der Waals surface area contributed by atoms with Gasteiger partial charge in [0.25, 0.3) is 0 Å². The van der Waals surface area contributed by atoms with Gasteiger partial charge in [0.2, 0.25) is 0 Å². The van der Waals surface area contributed by atoms with Crippen molar-refractivity contribution in [2.75, 3.05) is 0 Å². The lowest BCUT2D eigenvalue weighted by atomic mass is 10.1. The maximum Gasteiger partial charge on any atom is 0.166 e. The largest absolute Gasteiger partial charge is 0.402 e. The highest BCUT2D eigenvalue weighted by Crippen LogP contribution is 2.26. The van der Waals surface area contributed by atoms with Gasteiger partial charge >= 0.3 is 0 Å². The van der Waals surface area contributed by atoms with Crippen LogP contribution in [0.25, 0.3) is 6.08 Å². The lowest BCUT2D eigenvalue weighted by Crippen LogP contribution is -1.95. The second-order valence-corrected chi connectivity index (χ2v) is 2.83. The van der Waals surface area contributed by atoms with E-state index in [0.29, 0.717) is 17.7 Å². The van der Waals surface area contributed by atoms with Crippen LogP contribution < -0.4 is 5.73 Å². The third kappa shape index (κ3) is 0.897. The average molecular weight is 167 g/mol. The van der Waals surface area contributed by atoms with Crippen LogP contribution in [0.5, 0.6) is 0 Å². The van der Waals surface area contributed by atoms with Gasteiger partial charge in [0, 0.05) is 17.7 Å². The Morgan fingerprint density at radius 2 is 2.00 bits per heavy atom. The number of rotatable bonds is 0. The quantitative estimate of drug-likeness (QED) is 0.626. The van der Waals surface area contributed by atoms with Gasteiger partial charge in [-0.3, -0.25) is 0 Å². The van der Waals surface area contributed by atoms with Crippen molar-refractivity contribution in [3.8, 4) is 0 Å². The molecule has 2 N–H and O–H groups in total. The Labute approximate surface area is 68.5 Å². The number of benzene rings is 1. The number of hydrogen-bond donors (Lipinski definition) is 1. The molecule has 1 aromatic rings. The van der Waals surface area contributed by atoms with Gasteiger partial charge in [-0.05, 0) is 17.7 Å². The van der Waals surface area contributed by atoms with E-state index in [2.05, 4.69) is 0 Å². The van der Waals surface area contributed by atoms with Crippen molar-refractivity contribution < 1.29 is 8.78 Å². The van der Waals surface area contributed by atoms with Gasteiger partial charge in [-0.15, -0.1) is 0 Å². The van der Waals surface area contributed by atoms with Crippen LogP contribution in [-0.4, -0.2) is 0 Å². The molecule has 0 aromatic heterocycles. The molecule has 0 saturated heterocycles. The molecule has 1 aliphatic carbocycles. The summed E-state index contributed by atoms with van der Waals surface area (Å²) in [5, 5.41) is 0. The van der Waals surface area contributed by atoms with E-state index in [-0.39, 0.29) is 0 Å². The van der Waals surface area contributed by atoms with E-state index in [1.807, 2.05) is 0 Å². The first-order chi connectivity index (χ1) is 5.68. The predicted octanol–water partition coefficient (Wildman–Crippen LogP) is 1.82. The van der Waals surface area contributed by atoms with Gasteiger partial charge in [0.15, 0.2) is 11.6 Å². The van der Waals surface area contributed by atoms with Crippen LogP contribution in [-0.2, 0) is 6.42 Å². The summed E-state index contributed by atoms with van der Waals surface area (Å²) in [7, 11) is 0. The van der Waals surface area contributed by atoms with Crippen molar-refractivity contribution in [2.45, 2.75) is 6.42 Å². The molecule has 2 rings (SSSR count). The van der Waals surface area contributed by atoms with Gasteiger partial charge in [0.05, 0.1) is 0 Å². The molecule has 0 amide bonds. The normalized spacial score (nSPS) is 14.3. The van der Waals surface area contributed by atoms with E-state index < -0.39 is 11.6 Å². The maximum absolute atomic E-state index is 13.0. The van der Waals surface area contributed by atoms with Gasteiger partial charge in [-0.25, -0.2) is 8.78 Å². The molecule has 1 aromatic carbocycles. The summed E-state index contributed by atoms with van der Waals surface area (Å²) in [4.78, 5) is 0. The fraction of sp³-hybridized carbons (Fsp3) is 0.111. The average Bonchev–Trinajstić information content (AvgIpc) is 2.39. The summed E-state index contributed by atoms with van der Waals surface area (Å²) in [6.45, 7) is 0. The molecular formula is C9H7F2N. The van der Waals surface area contributed by atoms with Gasteiger partial charge in [0.1, 0.15) is 0 Å². The Morgan fingerprint density at radius 1 is 1.25 bits per heavy atom. The second-order valence-electron chi connectivity index (χ2n) is 2.83. The zero-order valence-corrected chi connectivity index (χ0v) is 6.27. The fourth-order valence-electron chi connectivity index (χ4n) is 1.37.